The summed E-state index contributed by atoms with van der Waals surface area (Å²) < 4.78 is 71.5. The highest BCUT2D eigenvalue weighted by Crippen LogP contribution is 2.47. The van der Waals surface area contributed by atoms with E-state index in [2.05, 4.69) is 0 Å². The molecule has 0 unspecified atom stereocenters. The quantitative estimate of drug-likeness (QED) is 0.312. The van der Waals surface area contributed by atoms with Crippen molar-refractivity contribution < 1.29 is 36.5 Å². The van der Waals surface area contributed by atoms with Gasteiger partial charge in [0.15, 0.2) is 0 Å². The molecule has 38 heavy (non-hydrogen) atoms. The van der Waals surface area contributed by atoms with Gasteiger partial charge in [0.2, 0.25) is 0 Å². The Morgan fingerprint density at radius 1 is 0.605 bits per heavy atom. The maximum atomic E-state index is 13.4. The van der Waals surface area contributed by atoms with E-state index in [0.717, 1.165) is 17.7 Å². The van der Waals surface area contributed by atoms with E-state index in [9.17, 15) is 13.2 Å². The van der Waals surface area contributed by atoms with Crippen LogP contribution in [-0.2, 0) is 24.8 Å². The Labute approximate surface area is 223 Å². The van der Waals surface area contributed by atoms with Crippen LogP contribution < -0.4 is 4.74 Å². The van der Waals surface area contributed by atoms with Crippen molar-refractivity contribution in [3.05, 3.63) is 65.2 Å². The predicted molar refractivity (Wildman–Crippen MR) is 143 cm³/mol. The molecule has 0 radical (unpaired) electrons. The lowest BCUT2D eigenvalue weighted by atomic mass is 9.60. The Balaban J connectivity index is 1.99. The maximum absolute atomic E-state index is 13.4. The van der Waals surface area contributed by atoms with Crippen molar-refractivity contribution in [1.29, 1.82) is 0 Å². The highest BCUT2D eigenvalue weighted by Gasteiger charge is 2.57. The molecule has 2 saturated heterocycles. The summed E-state index contributed by atoms with van der Waals surface area (Å²) in [4.78, 5) is 0. The zero-order chi connectivity index (χ0) is 28.3. The van der Waals surface area contributed by atoms with Gasteiger partial charge < -0.3 is 23.4 Å². The highest BCUT2D eigenvalue weighted by atomic mass is 19.4. The molecule has 0 saturated carbocycles. The fourth-order valence-electron chi connectivity index (χ4n) is 4.37. The number of rotatable bonds is 5. The number of alkyl halides is 3. The van der Waals surface area contributed by atoms with Gasteiger partial charge in [0, 0.05) is 0 Å². The Hall–Kier alpha value is -2.26. The van der Waals surface area contributed by atoms with Crippen molar-refractivity contribution in [3.8, 4) is 5.75 Å². The Kier molecular flexibility index (Phi) is 7.14. The number of ether oxygens (including phenoxy) is 1. The average molecular weight is 530 g/mol. The van der Waals surface area contributed by atoms with Gasteiger partial charge in [-0.2, -0.15) is 13.2 Å². The molecule has 2 aliphatic rings. The van der Waals surface area contributed by atoms with Crippen LogP contribution in [0.25, 0.3) is 10.9 Å². The molecule has 5 nitrogen and oxygen atoms in total. The molecule has 0 spiro atoms. The fourth-order valence-corrected chi connectivity index (χ4v) is 4.37. The van der Waals surface area contributed by atoms with Crippen molar-refractivity contribution >= 4 is 25.2 Å². The molecule has 0 amide bonds. The maximum Gasteiger partial charge on any atom is 0.495 e. The van der Waals surface area contributed by atoms with Crippen LogP contribution in [0.15, 0.2) is 48.5 Å². The first-order valence-electron chi connectivity index (χ1n) is 12.7. The first-order valence-corrected chi connectivity index (χ1v) is 12.7. The standard InChI is InChI=1S/C28H35B2F3O5/c1-24(2)25(3,4)36-29(35-24)22(18-10-14-20(15-11-18)28(31,32)33)23(19-12-16-21(34-9)17-13-19)30-37-26(5,6)27(7,8)38-30/h10-17H,1-9H3/b23-22+. The van der Waals surface area contributed by atoms with Gasteiger partial charge >= 0.3 is 20.4 Å². The molecule has 2 aromatic carbocycles. The molecular weight excluding hydrogens is 495 g/mol. The largest absolute Gasteiger partial charge is 0.497 e. The smallest absolute Gasteiger partial charge is 0.495 e. The normalized spacial score (nSPS) is 22.4. The van der Waals surface area contributed by atoms with E-state index in [1.807, 2.05) is 79.7 Å². The number of hydrogen-bond acceptors (Lipinski definition) is 5. The van der Waals surface area contributed by atoms with Crippen molar-refractivity contribution in [2.45, 2.75) is 84.0 Å². The van der Waals surface area contributed by atoms with E-state index in [4.69, 9.17) is 23.4 Å². The lowest BCUT2D eigenvalue weighted by Gasteiger charge is -2.32. The van der Waals surface area contributed by atoms with Gasteiger partial charge in [-0.05, 0) is 102 Å². The van der Waals surface area contributed by atoms with Gasteiger partial charge in [-0.1, -0.05) is 24.3 Å². The molecule has 2 heterocycles. The van der Waals surface area contributed by atoms with E-state index < -0.39 is 48.4 Å². The summed E-state index contributed by atoms with van der Waals surface area (Å²) in [5, 5.41) is 0. The third kappa shape index (κ3) is 5.16. The molecule has 204 valence electrons. The SMILES string of the molecule is COc1ccc(/C(B2OC(C)(C)C(C)(C)O2)=C(\B2OC(C)(C)C(C)(C)O2)c2ccc(C(F)(F)F)cc2)cc1. The van der Waals surface area contributed by atoms with E-state index in [1.54, 1.807) is 7.11 Å². The summed E-state index contributed by atoms with van der Waals surface area (Å²) in [6.45, 7) is 15.5. The number of methoxy groups -OCH3 is 1. The fraction of sp³-hybridized carbons (Fsp3) is 0.500. The summed E-state index contributed by atoms with van der Waals surface area (Å²) in [5.41, 5.74) is -1.01. The summed E-state index contributed by atoms with van der Waals surface area (Å²) in [6, 6.07) is 12.4. The minimum Gasteiger partial charge on any atom is -0.497 e. The van der Waals surface area contributed by atoms with Crippen LogP contribution >= 0.6 is 0 Å². The van der Waals surface area contributed by atoms with E-state index in [-0.39, 0.29) is 0 Å². The van der Waals surface area contributed by atoms with Gasteiger partial charge in [0.1, 0.15) is 5.75 Å². The minimum atomic E-state index is -4.46. The third-order valence-electron chi connectivity index (χ3n) is 8.19. The Morgan fingerprint density at radius 3 is 1.21 bits per heavy atom. The second kappa shape index (κ2) is 9.44. The van der Waals surface area contributed by atoms with Gasteiger partial charge in [-0.3, -0.25) is 0 Å². The van der Waals surface area contributed by atoms with Crippen LogP contribution in [0.3, 0.4) is 0 Å². The second-order valence-electron chi connectivity index (χ2n) is 11.8. The molecule has 0 atom stereocenters. The Morgan fingerprint density at radius 2 is 0.921 bits per heavy atom. The molecule has 0 N–H and O–H groups in total. The zero-order valence-corrected chi connectivity index (χ0v) is 23.4. The van der Waals surface area contributed by atoms with Crippen molar-refractivity contribution in [1.82, 2.24) is 0 Å². The van der Waals surface area contributed by atoms with E-state index in [0.29, 0.717) is 22.3 Å². The average Bonchev–Trinajstić information content (AvgIpc) is 3.15. The lowest BCUT2D eigenvalue weighted by Crippen LogP contribution is -2.41. The van der Waals surface area contributed by atoms with E-state index in [1.165, 1.54) is 12.1 Å². The molecule has 10 heteroatoms. The minimum absolute atomic E-state index is 0.511. The van der Waals surface area contributed by atoms with Crippen molar-refractivity contribution in [2.24, 2.45) is 0 Å². The highest BCUT2D eigenvalue weighted by molar-refractivity contribution is 6.82. The third-order valence-corrected chi connectivity index (χ3v) is 8.19. The second-order valence-corrected chi connectivity index (χ2v) is 11.8. The molecule has 0 aromatic heterocycles. The van der Waals surface area contributed by atoms with Crippen LogP contribution in [-0.4, -0.2) is 43.8 Å². The first kappa shape index (κ1) is 28.7. The summed E-state index contributed by atoms with van der Waals surface area (Å²) >= 11 is 0. The summed E-state index contributed by atoms with van der Waals surface area (Å²) in [6.07, 6.45) is -4.46. The molecule has 2 aliphatic heterocycles. The molecule has 2 fully saturated rings. The van der Waals surface area contributed by atoms with Crippen molar-refractivity contribution in [2.75, 3.05) is 7.11 Å². The topological polar surface area (TPSA) is 46.2 Å². The van der Waals surface area contributed by atoms with Gasteiger partial charge in [-0.25, -0.2) is 0 Å². The lowest BCUT2D eigenvalue weighted by molar-refractivity contribution is -0.137. The molecule has 0 bridgehead atoms. The Bertz CT molecular complexity index is 1170. The number of benzene rings is 2. The zero-order valence-electron chi connectivity index (χ0n) is 23.4. The van der Waals surface area contributed by atoms with Gasteiger partial charge in [0.25, 0.3) is 0 Å². The number of halogens is 3. The van der Waals surface area contributed by atoms with Gasteiger partial charge in [-0.15, -0.1) is 0 Å². The van der Waals surface area contributed by atoms with Crippen LogP contribution in [0, 0.1) is 0 Å². The van der Waals surface area contributed by atoms with Gasteiger partial charge in [0.05, 0.1) is 35.1 Å². The molecular formula is C28H35B2F3O5. The summed E-state index contributed by atoms with van der Waals surface area (Å²) in [7, 11) is -0.157. The first-order chi connectivity index (χ1) is 17.4. The molecule has 4 rings (SSSR count). The summed E-state index contributed by atoms with van der Waals surface area (Å²) in [5.74, 6) is 0.661. The molecule has 2 aromatic rings. The van der Waals surface area contributed by atoms with E-state index >= 15 is 0 Å². The van der Waals surface area contributed by atoms with Crippen LogP contribution in [0.1, 0.15) is 72.1 Å². The predicted octanol–water partition coefficient (Wildman–Crippen LogP) is 6.89. The van der Waals surface area contributed by atoms with Crippen LogP contribution in [0.2, 0.25) is 0 Å². The number of hydrogen-bond donors (Lipinski definition) is 0. The van der Waals surface area contributed by atoms with Crippen molar-refractivity contribution in [3.63, 3.8) is 0 Å². The van der Waals surface area contributed by atoms with Crippen LogP contribution in [0.5, 0.6) is 5.75 Å². The monoisotopic (exact) mass is 530 g/mol. The molecule has 0 aliphatic carbocycles. The van der Waals surface area contributed by atoms with Crippen LogP contribution in [0.4, 0.5) is 13.2 Å².